The van der Waals surface area contributed by atoms with E-state index in [1.807, 2.05) is 19.1 Å². The molecule has 0 radical (unpaired) electrons. The van der Waals surface area contributed by atoms with Crippen molar-refractivity contribution in [2.24, 2.45) is 0 Å². The lowest BCUT2D eigenvalue weighted by molar-refractivity contribution is 0.471. The van der Waals surface area contributed by atoms with E-state index in [0.717, 1.165) is 17.7 Å². The van der Waals surface area contributed by atoms with Crippen molar-refractivity contribution in [2.75, 3.05) is 5.32 Å². The Morgan fingerprint density at radius 1 is 1.10 bits per heavy atom. The van der Waals surface area contributed by atoms with E-state index in [-0.39, 0.29) is 6.04 Å². The van der Waals surface area contributed by atoms with E-state index in [4.69, 9.17) is 0 Å². The van der Waals surface area contributed by atoms with Crippen LogP contribution in [0.1, 0.15) is 49.4 Å². The van der Waals surface area contributed by atoms with E-state index in [1.165, 1.54) is 24.0 Å². The number of hydrogen-bond donors (Lipinski definition) is 2. The Morgan fingerprint density at radius 3 is 2.43 bits per heavy atom. The number of unbranched alkanes of at least 4 members (excludes halogenated alkanes) is 1. The van der Waals surface area contributed by atoms with Gasteiger partial charge < -0.3 is 10.4 Å². The van der Waals surface area contributed by atoms with Gasteiger partial charge in [0.25, 0.3) is 0 Å². The van der Waals surface area contributed by atoms with Gasteiger partial charge in [-0.05, 0) is 49.4 Å². The van der Waals surface area contributed by atoms with E-state index in [0.29, 0.717) is 5.75 Å². The van der Waals surface area contributed by atoms with Gasteiger partial charge in [-0.15, -0.1) is 0 Å². The zero-order valence-corrected chi connectivity index (χ0v) is 13.2. The van der Waals surface area contributed by atoms with Crippen LogP contribution >= 0.6 is 0 Å². The topological polar surface area (TPSA) is 32.3 Å². The van der Waals surface area contributed by atoms with Crippen LogP contribution in [0.5, 0.6) is 5.75 Å². The van der Waals surface area contributed by atoms with Crippen LogP contribution in [0.3, 0.4) is 0 Å². The lowest BCUT2D eigenvalue weighted by Gasteiger charge is -2.17. The summed E-state index contributed by atoms with van der Waals surface area (Å²) in [5.41, 5.74) is 4.50. The molecule has 0 heterocycles. The molecule has 0 bridgehead atoms. The molecule has 0 fully saturated rings. The van der Waals surface area contributed by atoms with Gasteiger partial charge in [0.05, 0.1) is 0 Å². The van der Waals surface area contributed by atoms with Gasteiger partial charge in [-0.1, -0.05) is 43.7 Å². The Kier molecular flexibility index (Phi) is 5.26. The number of phenolic OH excluding ortho intramolecular Hbond substituents is 1. The number of phenols is 1. The lowest BCUT2D eigenvalue weighted by Crippen LogP contribution is -2.06. The number of anilines is 1. The summed E-state index contributed by atoms with van der Waals surface area (Å²) in [6.45, 7) is 6.26. The fraction of sp³-hybridized carbons (Fsp3) is 0.368. The molecular weight excluding hydrogens is 258 g/mol. The summed E-state index contributed by atoms with van der Waals surface area (Å²) in [6, 6.07) is 14.7. The Labute approximate surface area is 127 Å². The molecule has 2 rings (SSSR count). The largest absolute Gasteiger partial charge is 0.508 e. The van der Waals surface area contributed by atoms with Gasteiger partial charge in [0.1, 0.15) is 5.75 Å². The van der Waals surface area contributed by atoms with Gasteiger partial charge >= 0.3 is 0 Å². The van der Waals surface area contributed by atoms with Gasteiger partial charge in [-0.3, -0.25) is 0 Å². The molecule has 0 aliphatic heterocycles. The Bertz CT molecular complexity index is 575. The molecule has 2 aromatic carbocycles. The highest BCUT2D eigenvalue weighted by molar-refractivity contribution is 5.52. The third-order valence-electron chi connectivity index (χ3n) is 3.89. The van der Waals surface area contributed by atoms with Gasteiger partial charge in [0.15, 0.2) is 0 Å². The summed E-state index contributed by atoms with van der Waals surface area (Å²) in [6.07, 6.45) is 3.64. The molecule has 2 aromatic rings. The highest BCUT2D eigenvalue weighted by Gasteiger charge is 2.06. The van der Waals surface area contributed by atoms with Crippen LogP contribution in [-0.4, -0.2) is 5.11 Å². The Balaban J connectivity index is 2.02. The molecule has 0 amide bonds. The van der Waals surface area contributed by atoms with Crippen LogP contribution in [0.25, 0.3) is 0 Å². The van der Waals surface area contributed by atoms with Crippen molar-refractivity contribution in [3.8, 4) is 5.75 Å². The number of hydrogen-bond acceptors (Lipinski definition) is 2. The lowest BCUT2D eigenvalue weighted by atomic mass is 10.0. The highest BCUT2D eigenvalue weighted by atomic mass is 16.3. The second-order valence-corrected chi connectivity index (χ2v) is 5.71. The van der Waals surface area contributed by atoms with Crippen molar-refractivity contribution in [1.29, 1.82) is 0 Å². The fourth-order valence-corrected chi connectivity index (χ4v) is 2.39. The van der Waals surface area contributed by atoms with Gasteiger partial charge in [-0.25, -0.2) is 0 Å². The molecule has 2 heteroatoms. The number of benzene rings is 2. The minimum Gasteiger partial charge on any atom is -0.508 e. The standard InChI is InChI=1S/C19H25NO/c1-4-5-6-16-8-10-17(11-9-16)15(3)20-18-12-7-14(2)19(21)13-18/h7-13,15,20-21H,4-6H2,1-3H3. The molecule has 21 heavy (non-hydrogen) atoms. The predicted molar refractivity (Wildman–Crippen MR) is 89.9 cm³/mol. The van der Waals surface area contributed by atoms with Gasteiger partial charge in [-0.2, -0.15) is 0 Å². The predicted octanol–water partition coefficient (Wildman–Crippen LogP) is 5.22. The Hall–Kier alpha value is -1.96. The zero-order chi connectivity index (χ0) is 15.2. The molecule has 112 valence electrons. The number of nitrogens with one attached hydrogen (secondary N) is 1. The van der Waals surface area contributed by atoms with Crippen molar-refractivity contribution in [3.05, 3.63) is 59.2 Å². The van der Waals surface area contributed by atoms with E-state index in [2.05, 4.69) is 43.4 Å². The average Bonchev–Trinajstić information content (AvgIpc) is 2.49. The Morgan fingerprint density at radius 2 is 1.81 bits per heavy atom. The van der Waals surface area contributed by atoms with E-state index < -0.39 is 0 Å². The van der Waals surface area contributed by atoms with Crippen LogP contribution < -0.4 is 5.32 Å². The molecule has 2 N–H and O–H groups in total. The van der Waals surface area contributed by atoms with E-state index in [9.17, 15) is 5.11 Å². The first kappa shape index (κ1) is 15.4. The van der Waals surface area contributed by atoms with Crippen LogP contribution in [0.4, 0.5) is 5.69 Å². The molecule has 1 atom stereocenters. The van der Waals surface area contributed by atoms with Crippen LogP contribution in [0.15, 0.2) is 42.5 Å². The SMILES string of the molecule is CCCCc1ccc(C(C)Nc2ccc(C)c(O)c2)cc1. The average molecular weight is 283 g/mol. The van der Waals surface area contributed by atoms with Gasteiger partial charge in [0, 0.05) is 17.8 Å². The van der Waals surface area contributed by atoms with Crippen molar-refractivity contribution in [3.63, 3.8) is 0 Å². The van der Waals surface area contributed by atoms with Crippen molar-refractivity contribution >= 4 is 5.69 Å². The maximum absolute atomic E-state index is 9.76. The summed E-state index contributed by atoms with van der Waals surface area (Å²) in [5.74, 6) is 0.335. The number of aromatic hydroxyl groups is 1. The molecule has 0 aliphatic carbocycles. The smallest absolute Gasteiger partial charge is 0.120 e. The number of aryl methyl sites for hydroxylation is 2. The first-order chi connectivity index (χ1) is 10.1. The molecule has 0 spiro atoms. The van der Waals surface area contributed by atoms with Gasteiger partial charge in [0.2, 0.25) is 0 Å². The maximum atomic E-state index is 9.76. The normalized spacial score (nSPS) is 12.1. The summed E-state index contributed by atoms with van der Waals surface area (Å²) >= 11 is 0. The molecular formula is C19H25NO. The molecule has 2 nitrogen and oxygen atoms in total. The summed E-state index contributed by atoms with van der Waals surface area (Å²) in [4.78, 5) is 0. The quantitative estimate of drug-likeness (QED) is 0.762. The van der Waals surface area contributed by atoms with Crippen molar-refractivity contribution < 1.29 is 5.11 Å². The van der Waals surface area contributed by atoms with Crippen LogP contribution in [-0.2, 0) is 6.42 Å². The third-order valence-corrected chi connectivity index (χ3v) is 3.89. The second kappa shape index (κ2) is 7.16. The first-order valence-electron chi connectivity index (χ1n) is 7.75. The molecule has 0 saturated carbocycles. The molecule has 0 aliphatic rings. The number of rotatable bonds is 6. The van der Waals surface area contributed by atoms with E-state index >= 15 is 0 Å². The second-order valence-electron chi connectivity index (χ2n) is 5.71. The molecule has 0 aromatic heterocycles. The third kappa shape index (κ3) is 4.25. The summed E-state index contributed by atoms with van der Waals surface area (Å²) in [7, 11) is 0. The highest BCUT2D eigenvalue weighted by Crippen LogP contribution is 2.25. The minimum atomic E-state index is 0.215. The van der Waals surface area contributed by atoms with E-state index in [1.54, 1.807) is 6.07 Å². The molecule has 0 saturated heterocycles. The van der Waals surface area contributed by atoms with Crippen LogP contribution in [0.2, 0.25) is 0 Å². The fourth-order valence-electron chi connectivity index (χ4n) is 2.39. The zero-order valence-electron chi connectivity index (χ0n) is 13.2. The minimum absolute atomic E-state index is 0.215. The first-order valence-corrected chi connectivity index (χ1v) is 7.75. The summed E-state index contributed by atoms with van der Waals surface area (Å²) < 4.78 is 0. The van der Waals surface area contributed by atoms with Crippen molar-refractivity contribution in [2.45, 2.75) is 46.1 Å². The van der Waals surface area contributed by atoms with Crippen molar-refractivity contribution in [1.82, 2.24) is 0 Å². The molecule has 1 unspecified atom stereocenters. The monoisotopic (exact) mass is 283 g/mol. The van der Waals surface area contributed by atoms with Crippen LogP contribution in [0, 0.1) is 6.92 Å². The maximum Gasteiger partial charge on any atom is 0.120 e. The summed E-state index contributed by atoms with van der Waals surface area (Å²) in [5, 5.41) is 13.2.